The first kappa shape index (κ1) is 12.0. The number of rotatable bonds is 3. The maximum absolute atomic E-state index is 8.77. The maximum atomic E-state index is 8.77. The van der Waals surface area contributed by atoms with Crippen molar-refractivity contribution in [2.75, 3.05) is 0 Å². The largest absolute Gasteiger partial charge is 0.306 e. The Hall–Kier alpha value is -2.11. The molecule has 0 saturated heterocycles. The zero-order chi connectivity index (χ0) is 13.1. The molecule has 0 radical (unpaired) electrons. The van der Waals surface area contributed by atoms with Crippen LogP contribution in [0.1, 0.15) is 34.7 Å². The van der Waals surface area contributed by atoms with Gasteiger partial charge in [0, 0.05) is 12.6 Å². The van der Waals surface area contributed by atoms with Gasteiger partial charge in [0.25, 0.3) is 0 Å². The van der Waals surface area contributed by atoms with Crippen LogP contribution in [0.15, 0.2) is 48.5 Å². The van der Waals surface area contributed by atoms with Crippen molar-refractivity contribution in [1.29, 1.82) is 5.26 Å². The van der Waals surface area contributed by atoms with Gasteiger partial charge in [-0.05, 0) is 41.7 Å². The zero-order valence-corrected chi connectivity index (χ0v) is 10.8. The molecule has 2 aromatic rings. The molecule has 0 bridgehead atoms. The van der Waals surface area contributed by atoms with Crippen molar-refractivity contribution >= 4 is 0 Å². The highest BCUT2D eigenvalue weighted by atomic mass is 14.9. The molecule has 0 heterocycles. The second kappa shape index (κ2) is 5.26. The summed E-state index contributed by atoms with van der Waals surface area (Å²) < 4.78 is 0. The Morgan fingerprint density at radius 2 is 1.89 bits per heavy atom. The van der Waals surface area contributed by atoms with Crippen molar-refractivity contribution in [3.8, 4) is 6.07 Å². The van der Waals surface area contributed by atoms with Gasteiger partial charge in [-0.1, -0.05) is 36.4 Å². The van der Waals surface area contributed by atoms with E-state index in [9.17, 15) is 0 Å². The number of hydrogen-bond acceptors (Lipinski definition) is 2. The molecule has 94 valence electrons. The fourth-order valence-corrected chi connectivity index (χ4v) is 2.71. The summed E-state index contributed by atoms with van der Waals surface area (Å²) in [5, 5.41) is 12.4. The number of aryl methyl sites for hydroxylation is 1. The molecule has 2 aromatic carbocycles. The van der Waals surface area contributed by atoms with E-state index in [4.69, 9.17) is 5.26 Å². The van der Waals surface area contributed by atoms with Gasteiger partial charge < -0.3 is 5.32 Å². The topological polar surface area (TPSA) is 35.8 Å². The van der Waals surface area contributed by atoms with Crippen molar-refractivity contribution < 1.29 is 0 Å². The lowest BCUT2D eigenvalue weighted by Gasteiger charge is -2.14. The Morgan fingerprint density at radius 3 is 2.68 bits per heavy atom. The molecular weight excluding hydrogens is 232 g/mol. The Kier molecular flexibility index (Phi) is 3.31. The number of benzene rings is 2. The SMILES string of the molecule is N#Cc1ccc(CNC2CCc3ccccc32)cc1. The molecule has 19 heavy (non-hydrogen) atoms. The number of nitrogens with one attached hydrogen (secondary N) is 1. The standard InChI is InChI=1S/C17H16N2/c18-11-13-5-7-14(8-6-13)12-19-17-10-9-15-3-1-2-4-16(15)17/h1-8,17,19H,9-10,12H2. The molecule has 0 saturated carbocycles. The van der Waals surface area contributed by atoms with E-state index in [0.29, 0.717) is 6.04 Å². The smallest absolute Gasteiger partial charge is 0.0991 e. The van der Waals surface area contributed by atoms with Gasteiger partial charge in [-0.3, -0.25) is 0 Å². The van der Waals surface area contributed by atoms with Crippen molar-refractivity contribution in [2.45, 2.75) is 25.4 Å². The van der Waals surface area contributed by atoms with Crippen LogP contribution in [-0.2, 0) is 13.0 Å². The van der Waals surface area contributed by atoms with Crippen LogP contribution in [0.3, 0.4) is 0 Å². The molecule has 3 rings (SSSR count). The number of hydrogen-bond donors (Lipinski definition) is 1. The van der Waals surface area contributed by atoms with Crippen LogP contribution in [0.5, 0.6) is 0 Å². The first-order valence-corrected chi connectivity index (χ1v) is 6.67. The summed E-state index contributed by atoms with van der Waals surface area (Å²) in [7, 11) is 0. The second-order valence-corrected chi connectivity index (χ2v) is 4.98. The molecule has 0 aliphatic heterocycles. The molecule has 1 N–H and O–H groups in total. The Bertz CT molecular complexity index is 608. The van der Waals surface area contributed by atoms with Gasteiger partial charge in [0.1, 0.15) is 0 Å². The van der Waals surface area contributed by atoms with Gasteiger partial charge in [-0.2, -0.15) is 5.26 Å². The second-order valence-electron chi connectivity index (χ2n) is 4.98. The minimum atomic E-state index is 0.465. The minimum Gasteiger partial charge on any atom is -0.306 e. The van der Waals surface area contributed by atoms with Crippen LogP contribution in [0.2, 0.25) is 0 Å². The van der Waals surface area contributed by atoms with Crippen LogP contribution in [0.25, 0.3) is 0 Å². The Morgan fingerprint density at radius 1 is 1.11 bits per heavy atom. The maximum Gasteiger partial charge on any atom is 0.0991 e. The average molecular weight is 248 g/mol. The molecule has 1 aliphatic carbocycles. The summed E-state index contributed by atoms with van der Waals surface area (Å²) in [6, 6.07) is 19.1. The summed E-state index contributed by atoms with van der Waals surface area (Å²) >= 11 is 0. The van der Waals surface area contributed by atoms with Crippen LogP contribution in [0, 0.1) is 11.3 Å². The summed E-state index contributed by atoms with van der Waals surface area (Å²) in [4.78, 5) is 0. The van der Waals surface area contributed by atoms with Crippen molar-refractivity contribution in [3.05, 3.63) is 70.8 Å². The summed E-state index contributed by atoms with van der Waals surface area (Å²) in [6.45, 7) is 0.852. The highest BCUT2D eigenvalue weighted by Gasteiger charge is 2.20. The highest BCUT2D eigenvalue weighted by Crippen LogP contribution is 2.30. The predicted octanol–water partition coefficient (Wildman–Crippen LogP) is 3.34. The quantitative estimate of drug-likeness (QED) is 0.904. The van der Waals surface area contributed by atoms with Crippen molar-refractivity contribution in [3.63, 3.8) is 0 Å². The fraction of sp³-hybridized carbons (Fsp3) is 0.235. The van der Waals surface area contributed by atoms with E-state index in [2.05, 4.69) is 35.7 Å². The number of nitrogens with zero attached hydrogens (tertiary/aromatic N) is 1. The lowest BCUT2D eigenvalue weighted by atomic mass is 10.1. The highest BCUT2D eigenvalue weighted by molar-refractivity contribution is 5.35. The third-order valence-corrected chi connectivity index (χ3v) is 3.77. The lowest BCUT2D eigenvalue weighted by Crippen LogP contribution is -2.18. The Labute approximate surface area is 113 Å². The van der Waals surface area contributed by atoms with Crippen molar-refractivity contribution in [2.24, 2.45) is 0 Å². The zero-order valence-electron chi connectivity index (χ0n) is 10.8. The molecule has 2 nitrogen and oxygen atoms in total. The Balaban J connectivity index is 1.66. The first-order valence-electron chi connectivity index (χ1n) is 6.67. The van der Waals surface area contributed by atoms with E-state index in [1.807, 2.05) is 24.3 Å². The van der Waals surface area contributed by atoms with Crippen molar-refractivity contribution in [1.82, 2.24) is 5.32 Å². The van der Waals surface area contributed by atoms with E-state index in [1.165, 1.54) is 29.5 Å². The van der Waals surface area contributed by atoms with E-state index in [1.54, 1.807) is 0 Å². The van der Waals surface area contributed by atoms with E-state index >= 15 is 0 Å². The van der Waals surface area contributed by atoms with Crippen LogP contribution >= 0.6 is 0 Å². The number of fused-ring (bicyclic) bond motifs is 1. The summed E-state index contributed by atoms with van der Waals surface area (Å²) in [5.41, 5.74) is 4.86. The van der Waals surface area contributed by atoms with Gasteiger partial charge in [-0.25, -0.2) is 0 Å². The van der Waals surface area contributed by atoms with Gasteiger partial charge in [-0.15, -0.1) is 0 Å². The average Bonchev–Trinajstić information content (AvgIpc) is 2.89. The third-order valence-electron chi connectivity index (χ3n) is 3.77. The molecule has 1 atom stereocenters. The molecule has 0 aromatic heterocycles. The van der Waals surface area contributed by atoms with Gasteiger partial charge in [0.15, 0.2) is 0 Å². The van der Waals surface area contributed by atoms with Gasteiger partial charge in [0.2, 0.25) is 0 Å². The predicted molar refractivity (Wildman–Crippen MR) is 75.5 cm³/mol. The molecular formula is C17H16N2. The molecule has 0 spiro atoms. The van der Waals surface area contributed by atoms with Gasteiger partial charge in [0.05, 0.1) is 11.6 Å². The van der Waals surface area contributed by atoms with Crippen LogP contribution in [-0.4, -0.2) is 0 Å². The monoisotopic (exact) mass is 248 g/mol. The van der Waals surface area contributed by atoms with Crippen LogP contribution in [0.4, 0.5) is 0 Å². The van der Waals surface area contributed by atoms with E-state index < -0.39 is 0 Å². The molecule has 1 unspecified atom stereocenters. The minimum absolute atomic E-state index is 0.465. The molecule has 0 amide bonds. The van der Waals surface area contributed by atoms with E-state index in [0.717, 1.165) is 12.1 Å². The first-order chi connectivity index (χ1) is 9.36. The molecule has 2 heteroatoms. The fourth-order valence-electron chi connectivity index (χ4n) is 2.71. The molecule has 0 fully saturated rings. The normalized spacial score (nSPS) is 16.9. The lowest BCUT2D eigenvalue weighted by molar-refractivity contribution is 0.530. The summed E-state index contributed by atoms with van der Waals surface area (Å²) in [5.74, 6) is 0. The molecule has 1 aliphatic rings. The third kappa shape index (κ3) is 2.52. The van der Waals surface area contributed by atoms with Gasteiger partial charge >= 0.3 is 0 Å². The van der Waals surface area contributed by atoms with Crippen LogP contribution < -0.4 is 5.32 Å². The van der Waals surface area contributed by atoms with E-state index in [-0.39, 0.29) is 0 Å². The summed E-state index contributed by atoms with van der Waals surface area (Å²) in [6.07, 6.45) is 2.34. The number of nitriles is 1.